The number of nitrogens with zero attached hydrogens (tertiary/aromatic N) is 3. The summed E-state index contributed by atoms with van der Waals surface area (Å²) in [4.78, 5) is 43.3. The van der Waals surface area contributed by atoms with Gasteiger partial charge >= 0.3 is 0 Å². The normalized spacial score (nSPS) is 22.0. The molecule has 3 aliphatic rings. The number of nitrogens with one attached hydrogen (secondary N) is 1. The maximum Gasteiger partial charge on any atom is 0.257 e. The lowest BCUT2D eigenvalue weighted by molar-refractivity contribution is -0.129. The molecule has 0 bridgehead atoms. The third-order valence-electron chi connectivity index (χ3n) is 7.48. The van der Waals surface area contributed by atoms with Crippen LogP contribution in [0.25, 0.3) is 0 Å². The van der Waals surface area contributed by atoms with Crippen molar-refractivity contribution in [2.45, 2.75) is 63.7 Å². The Hall–Kier alpha value is -2.80. The first kappa shape index (κ1) is 27.8. The van der Waals surface area contributed by atoms with Gasteiger partial charge in [0.05, 0.1) is 29.2 Å². The largest absolute Gasteiger partial charge is 0.373 e. The summed E-state index contributed by atoms with van der Waals surface area (Å²) in [5, 5.41) is 3.39. The highest BCUT2D eigenvalue weighted by Gasteiger charge is 2.34. The van der Waals surface area contributed by atoms with Gasteiger partial charge in [-0.1, -0.05) is 0 Å². The molecule has 39 heavy (non-hydrogen) atoms. The van der Waals surface area contributed by atoms with Crippen molar-refractivity contribution in [3.63, 3.8) is 0 Å². The molecule has 1 aromatic heterocycles. The number of hydrogen-bond donors (Lipinski definition) is 1. The molecule has 3 aliphatic heterocycles. The van der Waals surface area contributed by atoms with Gasteiger partial charge in [0.1, 0.15) is 5.00 Å². The molecule has 0 radical (unpaired) electrons. The van der Waals surface area contributed by atoms with E-state index in [0.717, 1.165) is 23.3 Å². The number of amides is 3. The van der Waals surface area contributed by atoms with Crippen LogP contribution in [-0.4, -0.2) is 85.2 Å². The highest BCUT2D eigenvalue weighted by Crippen LogP contribution is 2.38. The predicted octanol–water partition coefficient (Wildman–Crippen LogP) is 2.94. The number of hydrogen-bond acceptors (Lipinski definition) is 7. The van der Waals surface area contributed by atoms with Crippen LogP contribution in [0.3, 0.4) is 0 Å². The van der Waals surface area contributed by atoms with Crippen molar-refractivity contribution in [1.29, 1.82) is 0 Å². The number of fused-ring (bicyclic) bond motifs is 1. The number of ether oxygens (including phenoxy) is 1. The van der Waals surface area contributed by atoms with E-state index in [9.17, 15) is 22.8 Å². The summed E-state index contributed by atoms with van der Waals surface area (Å²) in [5.74, 6) is -0.542. The molecule has 0 saturated carbocycles. The molecule has 0 spiro atoms. The van der Waals surface area contributed by atoms with Gasteiger partial charge in [-0.3, -0.25) is 14.4 Å². The van der Waals surface area contributed by atoms with Crippen LogP contribution in [0, 0.1) is 0 Å². The highest BCUT2D eigenvalue weighted by atomic mass is 32.2. The van der Waals surface area contributed by atoms with Crippen molar-refractivity contribution in [3.8, 4) is 0 Å². The van der Waals surface area contributed by atoms with Crippen molar-refractivity contribution in [3.05, 3.63) is 45.8 Å². The van der Waals surface area contributed by atoms with Gasteiger partial charge in [0.25, 0.3) is 11.8 Å². The second kappa shape index (κ2) is 11.0. The van der Waals surface area contributed by atoms with Crippen molar-refractivity contribution >= 4 is 44.1 Å². The molecule has 10 nitrogen and oxygen atoms in total. The Morgan fingerprint density at radius 2 is 1.62 bits per heavy atom. The van der Waals surface area contributed by atoms with Crippen LogP contribution in [0.15, 0.2) is 29.2 Å². The minimum Gasteiger partial charge on any atom is -0.373 e. The van der Waals surface area contributed by atoms with E-state index in [1.165, 1.54) is 46.8 Å². The van der Waals surface area contributed by atoms with Crippen LogP contribution < -0.4 is 5.32 Å². The lowest BCUT2D eigenvalue weighted by Gasteiger charge is -2.34. The van der Waals surface area contributed by atoms with Crippen LogP contribution in [0.5, 0.6) is 0 Å². The van der Waals surface area contributed by atoms with E-state index in [1.54, 1.807) is 4.90 Å². The Balaban J connectivity index is 1.38. The minimum atomic E-state index is -3.73. The Kier molecular flexibility index (Phi) is 7.82. The van der Waals surface area contributed by atoms with Gasteiger partial charge in [-0.2, -0.15) is 4.31 Å². The van der Waals surface area contributed by atoms with Crippen LogP contribution in [-0.2, 0) is 32.5 Å². The molecular formula is C27H34N4O6S2. The number of thiophene rings is 1. The van der Waals surface area contributed by atoms with Crippen molar-refractivity contribution < 1.29 is 27.5 Å². The maximum atomic E-state index is 13.5. The van der Waals surface area contributed by atoms with Crippen molar-refractivity contribution in [2.75, 3.05) is 38.0 Å². The van der Waals surface area contributed by atoms with E-state index >= 15 is 0 Å². The number of morpholine rings is 1. The number of likely N-dealkylation sites (tertiary alicyclic amines) is 1. The van der Waals surface area contributed by atoms with E-state index in [1.807, 2.05) is 18.7 Å². The smallest absolute Gasteiger partial charge is 0.257 e. The summed E-state index contributed by atoms with van der Waals surface area (Å²) in [5.41, 5.74) is 1.71. The summed E-state index contributed by atoms with van der Waals surface area (Å²) in [6, 6.07) is 5.86. The van der Waals surface area contributed by atoms with Gasteiger partial charge in [0.15, 0.2) is 0 Å². The fourth-order valence-corrected chi connectivity index (χ4v) is 8.34. The molecular weight excluding hydrogens is 540 g/mol. The molecule has 1 aromatic carbocycles. The van der Waals surface area contributed by atoms with Gasteiger partial charge < -0.3 is 19.9 Å². The molecule has 2 atom stereocenters. The molecule has 0 aliphatic carbocycles. The second-order valence-electron chi connectivity index (χ2n) is 10.5. The van der Waals surface area contributed by atoms with Crippen molar-refractivity contribution in [1.82, 2.24) is 14.1 Å². The van der Waals surface area contributed by atoms with E-state index in [-0.39, 0.29) is 47.6 Å². The SMILES string of the molecule is CC(=O)N1CCc2c(sc(NC(=O)c3ccc(S(=O)(=O)N4CC(C)OC(C)C4)cc3)c2C(=O)N2CCCC2)C1. The average Bonchev–Trinajstić information content (AvgIpc) is 3.55. The molecule has 4 heterocycles. The summed E-state index contributed by atoms with van der Waals surface area (Å²) < 4.78 is 33.4. The Morgan fingerprint density at radius 1 is 0.974 bits per heavy atom. The van der Waals surface area contributed by atoms with Crippen LogP contribution in [0.4, 0.5) is 5.00 Å². The first-order valence-corrected chi connectivity index (χ1v) is 15.6. The first-order valence-electron chi connectivity index (χ1n) is 13.3. The summed E-state index contributed by atoms with van der Waals surface area (Å²) in [6.45, 7) is 8.07. The molecule has 3 amide bonds. The zero-order chi connectivity index (χ0) is 27.9. The lowest BCUT2D eigenvalue weighted by atomic mass is 10.0. The number of sulfonamides is 1. The van der Waals surface area contributed by atoms with Crippen LogP contribution >= 0.6 is 11.3 Å². The molecule has 210 valence electrons. The Labute approximate surface area is 233 Å². The topological polar surface area (TPSA) is 116 Å². The Morgan fingerprint density at radius 3 is 2.23 bits per heavy atom. The fourth-order valence-electron chi connectivity index (χ4n) is 5.49. The van der Waals surface area contributed by atoms with Crippen LogP contribution in [0.2, 0.25) is 0 Å². The zero-order valence-electron chi connectivity index (χ0n) is 22.4. The zero-order valence-corrected chi connectivity index (χ0v) is 24.1. The van der Waals surface area contributed by atoms with E-state index < -0.39 is 15.9 Å². The molecule has 5 rings (SSSR count). The number of carbonyl (C=O) groups excluding carboxylic acids is 3. The predicted molar refractivity (Wildman–Crippen MR) is 147 cm³/mol. The van der Waals surface area contributed by atoms with Crippen molar-refractivity contribution in [2.24, 2.45) is 0 Å². The van der Waals surface area contributed by atoms with E-state index in [2.05, 4.69) is 5.32 Å². The third-order valence-corrected chi connectivity index (χ3v) is 10.5. The Bertz CT molecular complexity index is 1370. The molecule has 2 fully saturated rings. The summed E-state index contributed by atoms with van der Waals surface area (Å²) in [6.07, 6.45) is 2.06. The molecule has 1 N–H and O–H groups in total. The first-order chi connectivity index (χ1) is 18.5. The van der Waals surface area contributed by atoms with Gasteiger partial charge in [0.2, 0.25) is 15.9 Å². The second-order valence-corrected chi connectivity index (χ2v) is 13.5. The minimum absolute atomic E-state index is 0.0249. The monoisotopic (exact) mass is 574 g/mol. The third kappa shape index (κ3) is 5.60. The maximum absolute atomic E-state index is 13.5. The quantitative estimate of drug-likeness (QED) is 0.587. The van der Waals surface area contributed by atoms with Gasteiger partial charge in [-0.15, -0.1) is 11.3 Å². The van der Waals surface area contributed by atoms with E-state index in [4.69, 9.17) is 4.74 Å². The average molecular weight is 575 g/mol. The van der Waals surface area contributed by atoms with Gasteiger partial charge in [0, 0.05) is 50.1 Å². The summed E-state index contributed by atoms with van der Waals surface area (Å²) in [7, 11) is -3.73. The fraction of sp³-hybridized carbons (Fsp3) is 0.519. The van der Waals surface area contributed by atoms with Gasteiger partial charge in [-0.25, -0.2) is 8.42 Å². The highest BCUT2D eigenvalue weighted by molar-refractivity contribution is 7.89. The molecule has 12 heteroatoms. The standard InChI is InChI=1S/C27H34N4O6S2/c1-17-14-31(15-18(2)37-17)39(35,36)21-8-6-20(7-9-21)25(33)28-26-24(27(34)29-11-4-5-12-29)22-10-13-30(19(3)32)16-23(22)38-26/h6-9,17-18H,4-5,10-16H2,1-3H3,(H,28,33). The lowest BCUT2D eigenvalue weighted by Crippen LogP contribution is -2.48. The summed E-state index contributed by atoms with van der Waals surface area (Å²) >= 11 is 1.33. The number of anilines is 1. The number of rotatable bonds is 5. The molecule has 2 saturated heterocycles. The van der Waals surface area contributed by atoms with Crippen LogP contribution in [0.1, 0.15) is 64.8 Å². The number of carbonyl (C=O) groups is 3. The molecule has 2 unspecified atom stereocenters. The van der Waals surface area contributed by atoms with Gasteiger partial charge in [-0.05, 0) is 62.9 Å². The van der Waals surface area contributed by atoms with E-state index in [0.29, 0.717) is 43.2 Å². The number of benzene rings is 1. The molecule has 2 aromatic rings.